The van der Waals surface area contributed by atoms with Gasteiger partial charge in [0.2, 0.25) is 5.91 Å². The molecule has 290 valence electrons. The van der Waals surface area contributed by atoms with Crippen LogP contribution in [0.3, 0.4) is 0 Å². The number of hydrogen-bond acceptors (Lipinski definition) is 15. The molecule has 56 heavy (non-hydrogen) atoms. The van der Waals surface area contributed by atoms with Crippen molar-refractivity contribution in [1.82, 2.24) is 9.88 Å². The van der Waals surface area contributed by atoms with E-state index in [0.717, 1.165) is 15.9 Å². The smallest absolute Gasteiger partial charge is 0.448 e. The zero-order valence-electron chi connectivity index (χ0n) is 29.9. The van der Waals surface area contributed by atoms with E-state index in [0.29, 0.717) is 32.1 Å². The van der Waals surface area contributed by atoms with Crippen LogP contribution in [0.1, 0.15) is 48.3 Å². The summed E-state index contributed by atoms with van der Waals surface area (Å²) in [6.45, 7) is 2.90. The molecule has 1 aliphatic rings. The van der Waals surface area contributed by atoms with Gasteiger partial charge in [-0.05, 0) is 59.5 Å². The SMILES string of the molecule is CC(OS(C)(=O)=O)=C(C(=O)OC(c1ccccc1)c1ccccc1)N1C[C@H](SSc2nc3c([C@@H](C)OC(=O)OCc4ccc([N+](=O)[O-])cc4)cccc3s2)C1=O. The molecule has 0 N–H and O–H groups in total. The van der Waals surface area contributed by atoms with Crippen molar-refractivity contribution in [1.29, 1.82) is 0 Å². The van der Waals surface area contributed by atoms with Crippen LogP contribution < -0.4 is 0 Å². The summed E-state index contributed by atoms with van der Waals surface area (Å²) in [5.41, 5.74) is 2.74. The van der Waals surface area contributed by atoms with Crippen molar-refractivity contribution in [3.05, 3.63) is 147 Å². The third kappa shape index (κ3) is 9.86. The van der Waals surface area contributed by atoms with E-state index in [9.17, 15) is 32.9 Å². The largest absolute Gasteiger partial charge is 0.509 e. The second-order valence-corrected chi connectivity index (χ2v) is 17.6. The number of ether oxygens (including phenoxy) is 3. The Bertz CT molecular complexity index is 2350. The molecule has 1 fully saturated rings. The first-order valence-electron chi connectivity index (χ1n) is 16.8. The number of benzene rings is 4. The van der Waals surface area contributed by atoms with E-state index in [1.165, 1.54) is 64.1 Å². The Kier molecular flexibility index (Phi) is 12.6. The van der Waals surface area contributed by atoms with Gasteiger partial charge in [0.25, 0.3) is 5.69 Å². The summed E-state index contributed by atoms with van der Waals surface area (Å²) in [6.07, 6.45) is -1.67. The Morgan fingerprint density at radius 2 is 1.61 bits per heavy atom. The predicted molar refractivity (Wildman–Crippen MR) is 211 cm³/mol. The van der Waals surface area contributed by atoms with Gasteiger partial charge in [-0.25, -0.2) is 14.6 Å². The number of rotatable bonds is 15. The molecule has 14 nitrogen and oxygen atoms in total. The van der Waals surface area contributed by atoms with E-state index in [1.54, 1.807) is 67.6 Å². The van der Waals surface area contributed by atoms with Crippen molar-refractivity contribution in [2.24, 2.45) is 0 Å². The summed E-state index contributed by atoms with van der Waals surface area (Å²) in [4.78, 5) is 56.2. The fourth-order valence-corrected chi connectivity index (χ4v) is 9.85. The lowest BCUT2D eigenvalue weighted by Crippen LogP contribution is -2.55. The molecule has 1 saturated heterocycles. The van der Waals surface area contributed by atoms with Gasteiger partial charge in [0.05, 0.1) is 21.4 Å². The summed E-state index contributed by atoms with van der Waals surface area (Å²) < 4.78 is 47.4. The van der Waals surface area contributed by atoms with Crippen LogP contribution in [-0.4, -0.2) is 59.3 Å². The number of non-ortho nitro benzene ring substituents is 1. The Morgan fingerprint density at radius 1 is 0.964 bits per heavy atom. The van der Waals surface area contributed by atoms with Crippen LogP contribution in [0.4, 0.5) is 10.5 Å². The number of likely N-dealkylation sites (tertiary alicyclic amines) is 1. The van der Waals surface area contributed by atoms with Gasteiger partial charge >= 0.3 is 22.2 Å². The zero-order chi connectivity index (χ0) is 40.0. The lowest BCUT2D eigenvalue weighted by Gasteiger charge is -2.38. The van der Waals surface area contributed by atoms with Crippen molar-refractivity contribution in [3.8, 4) is 0 Å². The van der Waals surface area contributed by atoms with E-state index in [4.69, 9.17) is 23.4 Å². The van der Waals surface area contributed by atoms with Gasteiger partial charge in [-0.15, -0.1) is 11.3 Å². The van der Waals surface area contributed by atoms with E-state index >= 15 is 0 Å². The summed E-state index contributed by atoms with van der Waals surface area (Å²) >= 11 is 1.38. The average molecular weight is 836 g/mol. The number of carbonyl (C=O) groups excluding carboxylic acids is 3. The highest BCUT2D eigenvalue weighted by atomic mass is 33.1. The number of carbonyl (C=O) groups is 3. The van der Waals surface area contributed by atoms with E-state index in [2.05, 4.69) is 0 Å². The molecular weight excluding hydrogens is 803 g/mol. The van der Waals surface area contributed by atoms with Crippen molar-refractivity contribution in [3.63, 3.8) is 0 Å². The van der Waals surface area contributed by atoms with E-state index in [1.807, 2.05) is 18.2 Å². The Morgan fingerprint density at radius 3 is 2.20 bits per heavy atom. The van der Waals surface area contributed by atoms with Crippen LogP contribution in [0, 0.1) is 10.1 Å². The Labute approximate surface area is 333 Å². The summed E-state index contributed by atoms with van der Waals surface area (Å²) in [7, 11) is -1.55. The van der Waals surface area contributed by atoms with Gasteiger partial charge < -0.3 is 23.3 Å². The van der Waals surface area contributed by atoms with Crippen molar-refractivity contribution < 1.29 is 46.1 Å². The lowest BCUT2D eigenvalue weighted by atomic mass is 10.0. The monoisotopic (exact) mass is 835 g/mol. The maximum atomic E-state index is 13.9. The highest BCUT2D eigenvalue weighted by Gasteiger charge is 2.44. The Balaban J connectivity index is 1.11. The third-order valence-corrected chi connectivity index (χ3v) is 12.8. The van der Waals surface area contributed by atoms with Crippen molar-refractivity contribution in [2.45, 2.75) is 42.3 Å². The first-order valence-corrected chi connectivity index (χ1v) is 21.6. The first kappa shape index (κ1) is 40.2. The van der Waals surface area contributed by atoms with E-state index in [-0.39, 0.29) is 30.3 Å². The minimum atomic E-state index is -4.05. The minimum absolute atomic E-state index is 0.0652. The number of nitro groups is 1. The number of nitrogens with zero attached hydrogens (tertiary/aromatic N) is 3. The maximum absolute atomic E-state index is 13.9. The van der Waals surface area contributed by atoms with Gasteiger partial charge in [-0.2, -0.15) is 8.42 Å². The maximum Gasteiger partial charge on any atom is 0.509 e. The van der Waals surface area contributed by atoms with E-state index < -0.39 is 50.5 Å². The third-order valence-electron chi connectivity index (χ3n) is 8.27. The molecule has 4 aromatic carbocycles. The number of hydrogen-bond donors (Lipinski definition) is 0. The standard InChI is InChI=1S/C38H33N3O11S4/c1-23(50-38(44)49-22-25-17-19-28(20-18-25)41(45)46)29-15-10-16-30-32(29)39-37(53-30)55-54-31-21-40(35(31)42)33(24(2)52-56(3,47)48)36(43)51-34(26-11-6-4-7-12-26)27-13-8-5-9-14-27/h4-20,23,31,34H,21-22H2,1-3H3/t23-,31+/m1/s1. The number of allylic oxidation sites excluding steroid dienone is 1. The number of fused-ring (bicyclic) bond motifs is 1. The Hall–Kier alpha value is -5.43. The molecule has 18 heteroatoms. The molecule has 5 aromatic rings. The first-order chi connectivity index (χ1) is 26.8. The molecule has 2 heterocycles. The normalized spacial score (nSPS) is 15.1. The number of para-hydroxylation sites is 1. The molecule has 6 rings (SSSR count). The van der Waals surface area contributed by atoms with Gasteiger partial charge in [0, 0.05) is 24.2 Å². The molecule has 1 amide bonds. The van der Waals surface area contributed by atoms with Crippen LogP contribution in [0.2, 0.25) is 0 Å². The second kappa shape index (κ2) is 17.6. The minimum Gasteiger partial charge on any atom is -0.448 e. The van der Waals surface area contributed by atoms with Crippen LogP contribution in [0.5, 0.6) is 0 Å². The summed E-state index contributed by atoms with van der Waals surface area (Å²) in [5.74, 6) is -1.68. The van der Waals surface area contributed by atoms with Crippen molar-refractivity contribution >= 4 is 77.0 Å². The molecule has 0 saturated carbocycles. The van der Waals surface area contributed by atoms with Gasteiger partial charge in [0.1, 0.15) is 23.7 Å². The zero-order valence-corrected chi connectivity index (χ0v) is 33.2. The fraction of sp³-hybridized carbons (Fsp3) is 0.211. The van der Waals surface area contributed by atoms with Crippen LogP contribution in [0.15, 0.2) is 119 Å². The van der Waals surface area contributed by atoms with Crippen LogP contribution >= 0.6 is 32.9 Å². The van der Waals surface area contributed by atoms with Crippen molar-refractivity contribution in [2.75, 3.05) is 12.8 Å². The molecule has 0 radical (unpaired) electrons. The number of esters is 1. The number of nitro benzene ring substituents is 1. The molecular formula is C38H33N3O11S4. The molecule has 2 atom stereocenters. The van der Waals surface area contributed by atoms with Gasteiger partial charge in [-0.1, -0.05) is 83.6 Å². The highest BCUT2D eigenvalue weighted by molar-refractivity contribution is 8.77. The molecule has 0 bridgehead atoms. The summed E-state index contributed by atoms with van der Waals surface area (Å²) in [6, 6.07) is 29.1. The van der Waals surface area contributed by atoms with Crippen LogP contribution in [-0.2, 0) is 44.7 Å². The number of aromatic nitrogens is 1. The number of amides is 1. The predicted octanol–water partition coefficient (Wildman–Crippen LogP) is 8.11. The fourth-order valence-electron chi connectivity index (χ4n) is 5.64. The number of β-lactam (4-membered cyclic amide) rings is 1. The topological polar surface area (TPSA) is 182 Å². The highest BCUT2D eigenvalue weighted by Crippen LogP contribution is 2.44. The van der Waals surface area contributed by atoms with Crippen LogP contribution in [0.25, 0.3) is 10.2 Å². The molecule has 0 unspecified atom stereocenters. The molecule has 0 aliphatic carbocycles. The average Bonchev–Trinajstić information content (AvgIpc) is 3.60. The van der Waals surface area contributed by atoms with Gasteiger partial charge in [0.15, 0.2) is 16.1 Å². The lowest BCUT2D eigenvalue weighted by molar-refractivity contribution is -0.384. The number of thiazole rings is 1. The molecule has 1 aliphatic heterocycles. The molecule has 0 spiro atoms. The quantitative estimate of drug-likeness (QED) is 0.0144. The molecule has 1 aromatic heterocycles. The second-order valence-electron chi connectivity index (χ2n) is 12.3. The summed E-state index contributed by atoms with van der Waals surface area (Å²) in [5, 5.41) is 10.3. The van der Waals surface area contributed by atoms with Gasteiger partial charge in [-0.3, -0.25) is 14.9 Å².